The van der Waals surface area contributed by atoms with Gasteiger partial charge in [-0.3, -0.25) is 9.59 Å². The quantitative estimate of drug-likeness (QED) is 0.575. The van der Waals surface area contributed by atoms with Crippen molar-refractivity contribution in [2.45, 2.75) is 19.0 Å². The van der Waals surface area contributed by atoms with Crippen LogP contribution in [-0.2, 0) is 16.6 Å². The minimum atomic E-state index is -0.149. The standard InChI is InChI=1S/C20H20ClN5O2S/c1-12-4-7-15(21)10-17(12)23-18(28)11-29-20-25-24-19(26(20)3)14-5-8-16(9-6-14)22-13(2)27/h4-10H,11H2,1-3H3,(H,22,27)(H,23,28). The van der Waals surface area contributed by atoms with Crippen molar-refractivity contribution in [3.8, 4) is 11.4 Å². The number of halogens is 1. The number of anilines is 2. The molecule has 0 unspecified atom stereocenters. The summed E-state index contributed by atoms with van der Waals surface area (Å²) in [5, 5.41) is 15.2. The van der Waals surface area contributed by atoms with Crippen molar-refractivity contribution in [2.24, 2.45) is 7.05 Å². The van der Waals surface area contributed by atoms with Gasteiger partial charge in [0, 0.05) is 35.9 Å². The van der Waals surface area contributed by atoms with Crippen LogP contribution >= 0.6 is 23.4 Å². The van der Waals surface area contributed by atoms with E-state index in [2.05, 4.69) is 20.8 Å². The third kappa shape index (κ3) is 5.36. The highest BCUT2D eigenvalue weighted by Gasteiger charge is 2.14. The molecule has 0 fully saturated rings. The molecule has 2 N–H and O–H groups in total. The fraction of sp³-hybridized carbons (Fsp3) is 0.200. The first kappa shape index (κ1) is 20.9. The van der Waals surface area contributed by atoms with Gasteiger partial charge in [-0.15, -0.1) is 10.2 Å². The average Bonchev–Trinajstić information content (AvgIpc) is 3.04. The molecule has 7 nitrogen and oxygen atoms in total. The smallest absolute Gasteiger partial charge is 0.234 e. The zero-order valence-electron chi connectivity index (χ0n) is 16.2. The Labute approximate surface area is 177 Å². The number of thioether (sulfide) groups is 1. The second kappa shape index (κ2) is 9.11. The third-order valence-corrected chi connectivity index (χ3v) is 5.36. The number of carbonyl (C=O) groups is 2. The molecule has 0 spiro atoms. The van der Waals surface area contributed by atoms with Gasteiger partial charge in [-0.1, -0.05) is 29.4 Å². The van der Waals surface area contributed by atoms with Gasteiger partial charge in [0.05, 0.1) is 5.75 Å². The van der Waals surface area contributed by atoms with Gasteiger partial charge in [0.25, 0.3) is 0 Å². The number of rotatable bonds is 6. The number of aryl methyl sites for hydroxylation is 1. The van der Waals surface area contributed by atoms with Crippen molar-refractivity contribution >= 4 is 46.6 Å². The Balaban J connectivity index is 1.64. The fourth-order valence-electron chi connectivity index (χ4n) is 2.64. The molecule has 0 aliphatic heterocycles. The Morgan fingerprint density at radius 2 is 1.83 bits per heavy atom. The van der Waals surface area contributed by atoms with Crippen LogP contribution in [0.2, 0.25) is 5.02 Å². The van der Waals surface area contributed by atoms with Crippen LogP contribution in [0, 0.1) is 6.92 Å². The number of hydrogen-bond acceptors (Lipinski definition) is 5. The monoisotopic (exact) mass is 429 g/mol. The van der Waals surface area contributed by atoms with Crippen molar-refractivity contribution in [3.63, 3.8) is 0 Å². The molecule has 0 radical (unpaired) electrons. The Kier molecular flexibility index (Phi) is 6.56. The number of aromatic nitrogens is 3. The van der Waals surface area contributed by atoms with Gasteiger partial charge in [0.2, 0.25) is 11.8 Å². The van der Waals surface area contributed by atoms with Crippen LogP contribution in [0.1, 0.15) is 12.5 Å². The Hall–Kier alpha value is -2.84. The number of nitrogens with zero attached hydrogens (tertiary/aromatic N) is 3. The number of nitrogens with one attached hydrogen (secondary N) is 2. The predicted molar refractivity (Wildman–Crippen MR) is 116 cm³/mol. The molecule has 0 atom stereocenters. The van der Waals surface area contributed by atoms with E-state index < -0.39 is 0 Å². The van der Waals surface area contributed by atoms with Crippen LogP contribution in [0.25, 0.3) is 11.4 Å². The van der Waals surface area contributed by atoms with Crippen molar-refractivity contribution in [1.82, 2.24) is 14.8 Å². The molecule has 2 aromatic carbocycles. The largest absolute Gasteiger partial charge is 0.326 e. The van der Waals surface area contributed by atoms with Crippen molar-refractivity contribution in [1.29, 1.82) is 0 Å². The molecule has 0 saturated heterocycles. The SMILES string of the molecule is CC(=O)Nc1ccc(-c2nnc(SCC(=O)Nc3cc(Cl)ccc3C)n2C)cc1. The lowest BCUT2D eigenvalue weighted by Crippen LogP contribution is -2.15. The molecule has 0 bridgehead atoms. The van der Waals surface area contributed by atoms with E-state index in [9.17, 15) is 9.59 Å². The molecule has 29 heavy (non-hydrogen) atoms. The molecule has 150 valence electrons. The van der Waals surface area contributed by atoms with E-state index >= 15 is 0 Å². The summed E-state index contributed by atoms with van der Waals surface area (Å²) in [5.41, 5.74) is 3.21. The molecule has 2 amide bonds. The van der Waals surface area contributed by atoms with E-state index in [0.29, 0.717) is 27.4 Å². The first-order chi connectivity index (χ1) is 13.8. The molecule has 1 heterocycles. The van der Waals surface area contributed by atoms with Crippen LogP contribution in [0.4, 0.5) is 11.4 Å². The van der Waals surface area contributed by atoms with Crippen LogP contribution in [-0.4, -0.2) is 32.3 Å². The number of amides is 2. The molecular weight excluding hydrogens is 410 g/mol. The predicted octanol–water partition coefficient (Wildman–Crippen LogP) is 4.13. The molecule has 3 rings (SSSR count). The number of carbonyl (C=O) groups excluding carboxylic acids is 2. The first-order valence-electron chi connectivity index (χ1n) is 8.79. The maximum Gasteiger partial charge on any atom is 0.234 e. The van der Waals surface area contributed by atoms with E-state index in [0.717, 1.165) is 11.1 Å². The highest BCUT2D eigenvalue weighted by molar-refractivity contribution is 7.99. The summed E-state index contributed by atoms with van der Waals surface area (Å²) >= 11 is 7.29. The summed E-state index contributed by atoms with van der Waals surface area (Å²) in [6.45, 7) is 3.37. The van der Waals surface area contributed by atoms with E-state index in [-0.39, 0.29) is 17.6 Å². The van der Waals surface area contributed by atoms with Gasteiger partial charge in [-0.05, 0) is 48.9 Å². The van der Waals surface area contributed by atoms with E-state index in [1.54, 1.807) is 24.3 Å². The second-order valence-corrected chi connectivity index (χ2v) is 7.80. The normalized spacial score (nSPS) is 10.6. The minimum absolute atomic E-state index is 0.124. The lowest BCUT2D eigenvalue weighted by atomic mass is 10.2. The third-order valence-electron chi connectivity index (χ3n) is 4.10. The summed E-state index contributed by atoms with van der Waals surface area (Å²) in [7, 11) is 1.85. The highest BCUT2D eigenvalue weighted by atomic mass is 35.5. The first-order valence-corrected chi connectivity index (χ1v) is 10.2. The topological polar surface area (TPSA) is 88.9 Å². The molecular formula is C20H20ClN5O2S. The summed E-state index contributed by atoms with van der Waals surface area (Å²) in [5.74, 6) is 0.596. The number of benzene rings is 2. The number of hydrogen-bond donors (Lipinski definition) is 2. The summed E-state index contributed by atoms with van der Waals surface area (Å²) in [6, 6.07) is 12.7. The Morgan fingerprint density at radius 3 is 2.52 bits per heavy atom. The average molecular weight is 430 g/mol. The summed E-state index contributed by atoms with van der Waals surface area (Å²) in [4.78, 5) is 23.4. The highest BCUT2D eigenvalue weighted by Crippen LogP contribution is 2.25. The van der Waals surface area contributed by atoms with Gasteiger partial charge >= 0.3 is 0 Å². The maximum atomic E-state index is 12.3. The summed E-state index contributed by atoms with van der Waals surface area (Å²) in [6.07, 6.45) is 0. The van der Waals surface area contributed by atoms with Gasteiger partial charge in [0.1, 0.15) is 0 Å². The van der Waals surface area contributed by atoms with Crippen molar-refractivity contribution in [3.05, 3.63) is 53.1 Å². The van der Waals surface area contributed by atoms with E-state index in [4.69, 9.17) is 11.6 Å². The van der Waals surface area contributed by atoms with Gasteiger partial charge in [-0.25, -0.2) is 0 Å². The van der Waals surface area contributed by atoms with Crippen LogP contribution in [0.5, 0.6) is 0 Å². The van der Waals surface area contributed by atoms with Crippen LogP contribution in [0.3, 0.4) is 0 Å². The van der Waals surface area contributed by atoms with Gasteiger partial charge < -0.3 is 15.2 Å². The second-order valence-electron chi connectivity index (χ2n) is 6.42. The van der Waals surface area contributed by atoms with Gasteiger partial charge in [0.15, 0.2) is 11.0 Å². The lowest BCUT2D eigenvalue weighted by Gasteiger charge is -2.09. The van der Waals surface area contributed by atoms with Crippen molar-refractivity contribution in [2.75, 3.05) is 16.4 Å². The minimum Gasteiger partial charge on any atom is -0.326 e. The Bertz CT molecular complexity index is 1050. The molecule has 3 aromatic rings. The molecule has 0 saturated carbocycles. The molecule has 1 aromatic heterocycles. The van der Waals surface area contributed by atoms with Crippen LogP contribution in [0.15, 0.2) is 47.6 Å². The lowest BCUT2D eigenvalue weighted by molar-refractivity contribution is -0.114. The summed E-state index contributed by atoms with van der Waals surface area (Å²) < 4.78 is 1.83. The maximum absolute atomic E-state index is 12.3. The molecule has 0 aliphatic carbocycles. The van der Waals surface area contributed by atoms with Gasteiger partial charge in [-0.2, -0.15) is 0 Å². The van der Waals surface area contributed by atoms with Crippen LogP contribution < -0.4 is 10.6 Å². The van der Waals surface area contributed by atoms with E-state index in [1.807, 2.05) is 36.7 Å². The zero-order chi connectivity index (χ0) is 21.0. The molecule has 9 heteroatoms. The Morgan fingerprint density at radius 1 is 1.10 bits per heavy atom. The van der Waals surface area contributed by atoms with E-state index in [1.165, 1.54) is 18.7 Å². The fourth-order valence-corrected chi connectivity index (χ4v) is 3.53. The van der Waals surface area contributed by atoms with Crippen molar-refractivity contribution < 1.29 is 9.59 Å². The zero-order valence-corrected chi connectivity index (χ0v) is 17.8. The molecule has 0 aliphatic rings.